The molecule has 3 rings (SSSR count). The Morgan fingerprint density at radius 2 is 1.71 bits per heavy atom. The van der Waals surface area contributed by atoms with E-state index in [0.29, 0.717) is 19.4 Å². The van der Waals surface area contributed by atoms with Gasteiger partial charge < -0.3 is 31.7 Å². The molecule has 11 nitrogen and oxygen atoms in total. The van der Waals surface area contributed by atoms with Crippen molar-refractivity contribution in [2.24, 2.45) is 11.5 Å². The fraction of sp³-hybridized carbons (Fsp3) is 0.618. The van der Waals surface area contributed by atoms with Gasteiger partial charge in [-0.1, -0.05) is 56.7 Å². The lowest BCUT2D eigenvalue weighted by Gasteiger charge is -2.21. The predicted molar refractivity (Wildman–Crippen MR) is 178 cm³/mol. The van der Waals surface area contributed by atoms with Gasteiger partial charge in [0.1, 0.15) is 5.75 Å². The molecule has 1 heterocycles. The van der Waals surface area contributed by atoms with E-state index < -0.39 is 0 Å². The van der Waals surface area contributed by atoms with E-state index in [1.165, 1.54) is 45.4 Å². The lowest BCUT2D eigenvalue weighted by atomic mass is 10.0. The van der Waals surface area contributed by atoms with Crippen molar-refractivity contribution in [1.29, 1.82) is 0 Å². The molecule has 1 aliphatic heterocycles. The van der Waals surface area contributed by atoms with Gasteiger partial charge in [0.25, 0.3) is 0 Å². The molecule has 11 heteroatoms. The van der Waals surface area contributed by atoms with Crippen molar-refractivity contribution in [3.8, 4) is 5.75 Å². The number of hydrogen-bond donors (Lipinski definition) is 4. The van der Waals surface area contributed by atoms with Crippen LogP contribution in [0, 0.1) is 0 Å². The highest BCUT2D eigenvalue weighted by Gasteiger charge is 2.24. The third kappa shape index (κ3) is 21.6. The van der Waals surface area contributed by atoms with Gasteiger partial charge in [-0.2, -0.15) is 0 Å². The second-order valence-electron chi connectivity index (χ2n) is 11.4. The lowest BCUT2D eigenvalue weighted by Crippen LogP contribution is -2.42. The number of allylic oxidation sites excluding steroid dienone is 1. The summed E-state index contributed by atoms with van der Waals surface area (Å²) in [5.41, 5.74) is 10.7. The number of carbonyl (C=O) groups excluding carboxylic acids is 5. The Morgan fingerprint density at radius 1 is 1.09 bits per heavy atom. The van der Waals surface area contributed by atoms with Crippen LogP contribution in [-0.2, 0) is 30.4 Å². The number of ketones is 1. The number of amides is 4. The topological polar surface area (TPSA) is 174 Å². The van der Waals surface area contributed by atoms with E-state index in [1.807, 2.05) is 43.0 Å². The number of Topliss-reactive ketones (excluding diaryl/α,β-unsaturated/α-hetero) is 1. The number of rotatable bonds is 14. The molecule has 1 aromatic carbocycles. The number of ether oxygens (including phenoxy) is 1. The molecule has 3 atom stereocenters. The van der Waals surface area contributed by atoms with E-state index in [9.17, 15) is 19.2 Å². The van der Waals surface area contributed by atoms with Crippen molar-refractivity contribution in [2.75, 3.05) is 19.7 Å². The van der Waals surface area contributed by atoms with Gasteiger partial charge in [-0.15, -0.1) is 6.58 Å². The zero-order valence-corrected chi connectivity index (χ0v) is 27.6. The molecule has 1 saturated carbocycles. The normalized spacial score (nSPS) is 16.4. The van der Waals surface area contributed by atoms with Crippen LogP contribution in [0.3, 0.4) is 0 Å². The summed E-state index contributed by atoms with van der Waals surface area (Å²) in [6.45, 7) is 10.4. The Balaban J connectivity index is 0.000000790. The molecule has 2 fully saturated rings. The molecule has 4 amide bonds. The Hall–Kier alpha value is -3.73. The SMILES string of the molecule is C1CCCCC1.C=CCCC(NC=O)C(C)=O.CC(N)CCOc1cccc(CC(=O)NCC(=O)N2CCCC2C)c1.NC=O. The van der Waals surface area contributed by atoms with Gasteiger partial charge in [0.15, 0.2) is 5.78 Å². The zero-order valence-electron chi connectivity index (χ0n) is 27.6. The molecule has 6 N–H and O–H groups in total. The van der Waals surface area contributed by atoms with E-state index in [0.717, 1.165) is 43.5 Å². The number of nitrogens with zero attached hydrogens (tertiary/aromatic N) is 1. The average Bonchev–Trinajstić information content (AvgIpc) is 3.45. The molecule has 0 spiro atoms. The summed E-state index contributed by atoms with van der Waals surface area (Å²) in [4.78, 5) is 55.4. The van der Waals surface area contributed by atoms with Gasteiger partial charge >= 0.3 is 0 Å². The number of carbonyl (C=O) groups is 5. The summed E-state index contributed by atoms with van der Waals surface area (Å²) in [6, 6.07) is 7.49. The van der Waals surface area contributed by atoms with Crippen LogP contribution in [0.25, 0.3) is 0 Å². The monoisotopic (exact) mass is 631 g/mol. The molecule has 1 aromatic rings. The standard InChI is InChI=1S/C19H29N3O3.C8H13NO2.C6H12.CH3NO/c1-14(20)8-10-25-17-7-3-6-16(11-17)12-18(23)21-13-19(24)22-9-4-5-15(22)2;1-3-4-5-8(7(2)11)9-6-10;1-2-4-6-5-3-1;2-1-3/h3,6-7,11,14-15H,4-5,8-10,12-13,20H2,1-2H3,(H,21,23);3,6,8H,1,4-5H2,2H3,(H,9,10);1-6H2;1H,(H2,2,3). The second kappa shape index (κ2) is 26.7. The minimum absolute atomic E-state index is 0.00802. The second-order valence-corrected chi connectivity index (χ2v) is 11.4. The summed E-state index contributed by atoms with van der Waals surface area (Å²) < 4.78 is 5.64. The first kappa shape index (κ1) is 41.3. The molecule has 254 valence electrons. The first-order valence-corrected chi connectivity index (χ1v) is 16.1. The number of nitrogens with one attached hydrogen (secondary N) is 2. The summed E-state index contributed by atoms with van der Waals surface area (Å²) in [7, 11) is 0. The highest BCUT2D eigenvalue weighted by molar-refractivity contribution is 5.86. The Bertz CT molecular complexity index is 988. The fourth-order valence-corrected chi connectivity index (χ4v) is 4.77. The number of nitrogens with two attached hydrogens (primary N) is 2. The first-order valence-electron chi connectivity index (χ1n) is 16.1. The van der Waals surface area contributed by atoms with Crippen LogP contribution < -0.4 is 26.8 Å². The smallest absolute Gasteiger partial charge is 0.242 e. The molecule has 2 aliphatic rings. The minimum Gasteiger partial charge on any atom is -0.494 e. The van der Waals surface area contributed by atoms with Crippen molar-refractivity contribution in [2.45, 2.75) is 116 Å². The predicted octanol–water partition coefficient (Wildman–Crippen LogP) is 3.57. The van der Waals surface area contributed by atoms with Gasteiger partial charge in [-0.05, 0) is 70.6 Å². The quantitative estimate of drug-likeness (QED) is 0.179. The summed E-state index contributed by atoms with van der Waals surface area (Å²) in [5.74, 6) is 0.547. The number of likely N-dealkylation sites (tertiary alicyclic amines) is 1. The Kier molecular flexibility index (Phi) is 24.4. The number of primary amides is 1. The highest BCUT2D eigenvalue weighted by atomic mass is 16.5. The molecule has 0 radical (unpaired) electrons. The van der Waals surface area contributed by atoms with Gasteiger partial charge in [0.2, 0.25) is 24.6 Å². The van der Waals surface area contributed by atoms with Crippen LogP contribution in [-0.4, -0.2) is 73.1 Å². The summed E-state index contributed by atoms with van der Waals surface area (Å²) >= 11 is 0. The van der Waals surface area contributed by atoms with Crippen LogP contribution >= 0.6 is 0 Å². The Labute approximate surface area is 269 Å². The van der Waals surface area contributed by atoms with Crippen molar-refractivity contribution in [3.63, 3.8) is 0 Å². The van der Waals surface area contributed by atoms with Crippen molar-refractivity contribution in [3.05, 3.63) is 42.5 Å². The third-order valence-electron chi connectivity index (χ3n) is 7.33. The molecule has 0 aromatic heterocycles. The number of hydrogen-bond acceptors (Lipinski definition) is 7. The minimum atomic E-state index is -0.342. The van der Waals surface area contributed by atoms with Crippen LogP contribution in [0.1, 0.15) is 97.0 Å². The van der Waals surface area contributed by atoms with Crippen molar-refractivity contribution < 1.29 is 28.7 Å². The van der Waals surface area contributed by atoms with E-state index in [1.54, 1.807) is 6.08 Å². The van der Waals surface area contributed by atoms with Gasteiger partial charge in [-0.25, -0.2) is 0 Å². The number of benzene rings is 1. The summed E-state index contributed by atoms with van der Waals surface area (Å²) in [6.07, 6.45) is 16.0. The lowest BCUT2D eigenvalue weighted by molar-refractivity contribution is -0.133. The van der Waals surface area contributed by atoms with Gasteiger partial charge in [0.05, 0.1) is 25.6 Å². The molecule has 0 bridgehead atoms. The molecular weight excluding hydrogens is 574 g/mol. The van der Waals surface area contributed by atoms with E-state index in [-0.39, 0.29) is 55.1 Å². The van der Waals surface area contributed by atoms with Crippen LogP contribution in [0.15, 0.2) is 36.9 Å². The van der Waals surface area contributed by atoms with E-state index in [2.05, 4.69) is 22.9 Å². The summed E-state index contributed by atoms with van der Waals surface area (Å²) in [5, 5.41) is 5.16. The molecular formula is C34H57N5O6. The van der Waals surface area contributed by atoms with Crippen molar-refractivity contribution >= 4 is 30.4 Å². The zero-order chi connectivity index (χ0) is 33.9. The highest BCUT2D eigenvalue weighted by Crippen LogP contribution is 2.17. The van der Waals surface area contributed by atoms with E-state index >= 15 is 0 Å². The average molecular weight is 632 g/mol. The van der Waals surface area contributed by atoms with E-state index in [4.69, 9.17) is 15.3 Å². The molecule has 3 unspecified atom stereocenters. The molecule has 1 aliphatic carbocycles. The molecule has 45 heavy (non-hydrogen) atoms. The van der Waals surface area contributed by atoms with Gasteiger partial charge in [0, 0.05) is 18.6 Å². The van der Waals surface area contributed by atoms with Gasteiger partial charge in [-0.3, -0.25) is 24.0 Å². The first-order chi connectivity index (χ1) is 21.6. The maximum absolute atomic E-state index is 12.1. The largest absolute Gasteiger partial charge is 0.494 e. The molecule has 1 saturated heterocycles. The fourth-order valence-electron chi connectivity index (χ4n) is 4.77. The van der Waals surface area contributed by atoms with Crippen LogP contribution in [0.2, 0.25) is 0 Å². The maximum Gasteiger partial charge on any atom is 0.242 e. The Morgan fingerprint density at radius 3 is 2.20 bits per heavy atom. The van der Waals surface area contributed by atoms with Crippen molar-refractivity contribution in [1.82, 2.24) is 15.5 Å². The van der Waals surface area contributed by atoms with Crippen LogP contribution in [0.5, 0.6) is 5.75 Å². The maximum atomic E-state index is 12.1. The third-order valence-corrected chi connectivity index (χ3v) is 7.33. The van der Waals surface area contributed by atoms with Crippen LogP contribution in [0.4, 0.5) is 0 Å².